The lowest BCUT2D eigenvalue weighted by Crippen LogP contribution is -2.43. The van der Waals surface area contributed by atoms with E-state index in [4.69, 9.17) is 12.8 Å². The topological polar surface area (TPSA) is 0 Å². The van der Waals surface area contributed by atoms with Crippen molar-refractivity contribution in [2.24, 2.45) is 29.1 Å². The van der Waals surface area contributed by atoms with Gasteiger partial charge in [0.15, 0.2) is 0 Å². The fraction of sp³-hybridized carbons (Fsp3) is 0.586. The van der Waals surface area contributed by atoms with Gasteiger partial charge in [0.1, 0.15) is 0 Å². The monoisotopic (exact) mass is 384 g/mol. The van der Waals surface area contributed by atoms with Crippen LogP contribution in [0.1, 0.15) is 81.0 Å². The van der Waals surface area contributed by atoms with E-state index in [2.05, 4.69) is 56.9 Å². The third-order valence-corrected chi connectivity index (χ3v) is 8.80. The summed E-state index contributed by atoms with van der Waals surface area (Å²) < 4.78 is 0. The highest BCUT2D eigenvalue weighted by Gasteiger charge is 2.55. The molecule has 3 aliphatic rings. The van der Waals surface area contributed by atoms with Crippen molar-refractivity contribution >= 4 is 0 Å². The Labute approximate surface area is 178 Å². The van der Waals surface area contributed by atoms with Crippen LogP contribution in [0.3, 0.4) is 0 Å². The van der Waals surface area contributed by atoms with E-state index < -0.39 is 0 Å². The first-order valence-electron chi connectivity index (χ1n) is 11.7. The first kappa shape index (κ1) is 20.4. The van der Waals surface area contributed by atoms with Gasteiger partial charge >= 0.3 is 0 Å². The minimum atomic E-state index is 0.510. The summed E-state index contributed by atoms with van der Waals surface area (Å²) in [6.07, 6.45) is 25.6. The van der Waals surface area contributed by atoms with Gasteiger partial charge in [-0.1, -0.05) is 38.1 Å². The van der Waals surface area contributed by atoms with Gasteiger partial charge in [-0.2, -0.15) is 0 Å². The molecule has 0 heteroatoms. The highest BCUT2D eigenvalue weighted by molar-refractivity contribution is 5.46. The van der Waals surface area contributed by atoms with Gasteiger partial charge < -0.3 is 0 Å². The van der Waals surface area contributed by atoms with E-state index >= 15 is 0 Å². The fourth-order valence-corrected chi connectivity index (χ4v) is 7.68. The molecule has 0 spiro atoms. The summed E-state index contributed by atoms with van der Waals surface area (Å²) in [5.41, 5.74) is 6.33. The van der Waals surface area contributed by atoms with E-state index in [1.807, 2.05) is 0 Å². The van der Waals surface area contributed by atoms with Gasteiger partial charge in [0.05, 0.1) is 0 Å². The van der Waals surface area contributed by atoms with Crippen molar-refractivity contribution in [1.29, 1.82) is 0 Å². The molecule has 0 aromatic heterocycles. The average molecular weight is 385 g/mol. The first-order valence-corrected chi connectivity index (χ1v) is 11.7. The molecule has 0 bridgehead atoms. The standard InChI is InChI=1S/C29H36/c1-6-9-20(4)27-14-15-28-25-13-12-23-22(11-8-3)18-21(10-7-2)19-26(23)24(25)16-17-29(27,28)5/h2-3,6,9,18-20,24-25,27-28H,10-17H2,1,4-5H3/t20-,24+,25-,27-,28+,29-/m1/s1. The second-order valence-electron chi connectivity index (χ2n) is 10.1. The summed E-state index contributed by atoms with van der Waals surface area (Å²) in [5, 5.41) is 0. The van der Waals surface area contributed by atoms with Gasteiger partial charge in [0, 0.05) is 12.8 Å². The van der Waals surface area contributed by atoms with Crippen molar-refractivity contribution in [2.75, 3.05) is 0 Å². The Morgan fingerprint density at radius 2 is 1.93 bits per heavy atom. The van der Waals surface area contributed by atoms with Crippen LogP contribution in [0.5, 0.6) is 0 Å². The minimum absolute atomic E-state index is 0.510. The molecule has 0 aliphatic heterocycles. The molecule has 0 saturated heterocycles. The molecule has 2 fully saturated rings. The van der Waals surface area contributed by atoms with Crippen LogP contribution >= 0.6 is 0 Å². The minimum Gasteiger partial charge on any atom is -0.120 e. The Morgan fingerprint density at radius 1 is 1.14 bits per heavy atom. The molecule has 1 aromatic rings. The molecule has 0 unspecified atom stereocenters. The number of allylic oxidation sites excluding steroid dienone is 2. The van der Waals surface area contributed by atoms with Crippen LogP contribution in [0.15, 0.2) is 24.3 Å². The lowest BCUT2D eigenvalue weighted by atomic mass is 9.53. The summed E-state index contributed by atoms with van der Waals surface area (Å²) in [4.78, 5) is 0. The fourth-order valence-electron chi connectivity index (χ4n) is 7.68. The highest BCUT2D eigenvalue weighted by Crippen LogP contribution is 2.64. The predicted octanol–water partition coefficient (Wildman–Crippen LogP) is 6.72. The SMILES string of the molecule is C#CCc1cc(CC#C)c2c(c1)[C@H]1CC[C@]3(C)[C@@H]([C@H](C)C=CC)CC[C@H]3[C@@H]1CC2. The van der Waals surface area contributed by atoms with Crippen LogP contribution in [-0.2, 0) is 19.3 Å². The van der Waals surface area contributed by atoms with E-state index in [0.717, 1.165) is 24.2 Å². The molecular formula is C29H36. The van der Waals surface area contributed by atoms with Crippen molar-refractivity contribution in [2.45, 2.75) is 78.1 Å². The van der Waals surface area contributed by atoms with Crippen molar-refractivity contribution < 1.29 is 0 Å². The molecule has 6 atom stereocenters. The van der Waals surface area contributed by atoms with Crippen molar-refractivity contribution in [3.63, 3.8) is 0 Å². The molecule has 1 aromatic carbocycles. The second-order valence-corrected chi connectivity index (χ2v) is 10.1. The lowest BCUT2D eigenvalue weighted by Gasteiger charge is -2.52. The molecule has 2 saturated carbocycles. The zero-order valence-electron chi connectivity index (χ0n) is 18.5. The maximum absolute atomic E-state index is 5.71. The molecule has 29 heavy (non-hydrogen) atoms. The van der Waals surface area contributed by atoms with Crippen LogP contribution in [0.25, 0.3) is 0 Å². The maximum atomic E-state index is 5.71. The Morgan fingerprint density at radius 3 is 2.66 bits per heavy atom. The van der Waals surface area contributed by atoms with Crippen LogP contribution in [0, 0.1) is 53.8 Å². The van der Waals surface area contributed by atoms with E-state index in [1.54, 1.807) is 11.1 Å². The molecule has 0 radical (unpaired) electrons. The van der Waals surface area contributed by atoms with E-state index in [9.17, 15) is 0 Å². The number of hydrogen-bond acceptors (Lipinski definition) is 0. The molecule has 3 aliphatic carbocycles. The van der Waals surface area contributed by atoms with Crippen molar-refractivity contribution in [3.8, 4) is 24.7 Å². The van der Waals surface area contributed by atoms with Crippen molar-refractivity contribution in [3.05, 3.63) is 46.5 Å². The van der Waals surface area contributed by atoms with Gasteiger partial charge in [-0.3, -0.25) is 0 Å². The Bertz CT molecular complexity index is 873. The van der Waals surface area contributed by atoms with Crippen LogP contribution in [0.2, 0.25) is 0 Å². The zero-order chi connectivity index (χ0) is 20.6. The molecule has 0 heterocycles. The van der Waals surface area contributed by atoms with Crippen LogP contribution in [-0.4, -0.2) is 0 Å². The molecule has 0 nitrogen and oxygen atoms in total. The third kappa shape index (κ3) is 3.36. The Kier molecular flexibility index (Phi) is 5.67. The quantitative estimate of drug-likeness (QED) is 0.399. The van der Waals surface area contributed by atoms with Gasteiger partial charge in [-0.25, -0.2) is 0 Å². The lowest BCUT2D eigenvalue weighted by molar-refractivity contribution is 0.0178. The number of terminal acetylenes is 2. The molecule has 4 rings (SSSR count). The Balaban J connectivity index is 1.68. The highest BCUT2D eigenvalue weighted by atomic mass is 14.6. The molecular weight excluding hydrogens is 348 g/mol. The summed E-state index contributed by atoms with van der Waals surface area (Å²) in [6, 6.07) is 4.74. The van der Waals surface area contributed by atoms with E-state index in [1.165, 1.54) is 49.7 Å². The van der Waals surface area contributed by atoms with Gasteiger partial charge in [-0.15, -0.1) is 24.7 Å². The zero-order valence-corrected chi connectivity index (χ0v) is 18.5. The number of hydrogen-bond donors (Lipinski definition) is 0. The molecule has 0 amide bonds. The van der Waals surface area contributed by atoms with Gasteiger partial charge in [0.2, 0.25) is 0 Å². The summed E-state index contributed by atoms with van der Waals surface area (Å²) in [7, 11) is 0. The largest absolute Gasteiger partial charge is 0.120 e. The van der Waals surface area contributed by atoms with E-state index in [0.29, 0.717) is 23.7 Å². The van der Waals surface area contributed by atoms with Gasteiger partial charge in [-0.05, 0) is 103 Å². The maximum Gasteiger partial charge on any atom is 0.0340 e. The van der Waals surface area contributed by atoms with Crippen molar-refractivity contribution in [1.82, 2.24) is 0 Å². The second kappa shape index (κ2) is 8.07. The molecule has 0 N–H and O–H groups in total. The first-order chi connectivity index (χ1) is 14.0. The third-order valence-electron chi connectivity index (χ3n) is 8.80. The number of fused-ring (bicyclic) bond motifs is 5. The normalized spacial score (nSPS) is 34.0. The number of benzene rings is 1. The average Bonchev–Trinajstić information content (AvgIpc) is 3.06. The number of rotatable bonds is 4. The Hall–Kier alpha value is -1.92. The summed E-state index contributed by atoms with van der Waals surface area (Å²) in [5.74, 6) is 9.70. The van der Waals surface area contributed by atoms with E-state index in [-0.39, 0.29) is 0 Å². The van der Waals surface area contributed by atoms with Crippen LogP contribution < -0.4 is 0 Å². The smallest absolute Gasteiger partial charge is 0.0340 e. The predicted molar refractivity (Wildman–Crippen MR) is 124 cm³/mol. The summed E-state index contributed by atoms with van der Waals surface area (Å²) >= 11 is 0. The van der Waals surface area contributed by atoms with Crippen LogP contribution in [0.4, 0.5) is 0 Å². The van der Waals surface area contributed by atoms with Gasteiger partial charge in [0.25, 0.3) is 0 Å². The molecule has 152 valence electrons. The summed E-state index contributed by atoms with van der Waals surface area (Å²) in [6.45, 7) is 7.24.